The molecule has 4 rings (SSSR count). The van der Waals surface area contributed by atoms with Crippen LogP contribution in [-0.4, -0.2) is 15.0 Å². The van der Waals surface area contributed by atoms with Crippen LogP contribution < -0.4 is 5.32 Å². The normalized spacial score (nSPS) is 11.0. The second kappa shape index (κ2) is 6.57. The average molecular weight is 350 g/mol. The van der Waals surface area contributed by atoms with Crippen LogP contribution in [-0.2, 0) is 6.54 Å². The molecule has 4 nitrogen and oxygen atoms in total. The molecule has 3 heterocycles. The fourth-order valence-electron chi connectivity index (χ4n) is 2.59. The third-order valence-corrected chi connectivity index (χ3v) is 4.77. The number of anilines is 1. The van der Waals surface area contributed by atoms with Gasteiger partial charge >= 0.3 is 0 Å². The Kier molecular flexibility index (Phi) is 4.11. The van der Waals surface area contributed by atoms with Gasteiger partial charge < -0.3 is 5.32 Å². The van der Waals surface area contributed by atoms with E-state index in [1.807, 2.05) is 12.1 Å². The summed E-state index contributed by atoms with van der Waals surface area (Å²) in [5.41, 5.74) is 1.92. The van der Waals surface area contributed by atoms with Crippen molar-refractivity contribution in [2.45, 2.75) is 13.5 Å². The largest absolute Gasteiger partial charge is 0.365 e. The molecule has 124 valence electrons. The highest BCUT2D eigenvalue weighted by Crippen LogP contribution is 2.31. The Balaban J connectivity index is 1.72. The van der Waals surface area contributed by atoms with Gasteiger partial charge in [0.15, 0.2) is 5.82 Å². The first-order valence-electron chi connectivity index (χ1n) is 7.86. The van der Waals surface area contributed by atoms with Crippen molar-refractivity contribution in [1.29, 1.82) is 0 Å². The van der Waals surface area contributed by atoms with Gasteiger partial charge in [-0.3, -0.25) is 4.98 Å². The van der Waals surface area contributed by atoms with Crippen LogP contribution in [0.25, 0.3) is 21.6 Å². The van der Waals surface area contributed by atoms with E-state index in [0.29, 0.717) is 12.4 Å². The Bertz CT molecular complexity index is 1010. The van der Waals surface area contributed by atoms with E-state index in [-0.39, 0.29) is 5.82 Å². The van der Waals surface area contributed by atoms with Crippen LogP contribution in [0.3, 0.4) is 0 Å². The van der Waals surface area contributed by atoms with Gasteiger partial charge in [0.05, 0.1) is 5.39 Å². The molecule has 0 radical (unpaired) electrons. The van der Waals surface area contributed by atoms with Crippen molar-refractivity contribution in [3.05, 3.63) is 71.1 Å². The Morgan fingerprint density at radius 3 is 2.56 bits per heavy atom. The molecule has 0 atom stereocenters. The van der Waals surface area contributed by atoms with E-state index in [4.69, 9.17) is 4.98 Å². The number of aromatic nitrogens is 3. The summed E-state index contributed by atoms with van der Waals surface area (Å²) < 4.78 is 13.1. The van der Waals surface area contributed by atoms with E-state index in [0.717, 1.165) is 27.2 Å². The van der Waals surface area contributed by atoms with Crippen LogP contribution >= 0.6 is 11.3 Å². The van der Waals surface area contributed by atoms with Crippen LogP contribution in [0.1, 0.15) is 10.4 Å². The summed E-state index contributed by atoms with van der Waals surface area (Å²) in [6, 6.07) is 12.3. The molecule has 0 saturated heterocycles. The number of aryl methyl sites for hydroxylation is 1. The lowest BCUT2D eigenvalue weighted by Crippen LogP contribution is -2.03. The molecule has 0 bridgehead atoms. The minimum atomic E-state index is -0.235. The van der Waals surface area contributed by atoms with Crippen LogP contribution in [0.4, 0.5) is 10.2 Å². The average Bonchev–Trinajstić information content (AvgIpc) is 3.02. The van der Waals surface area contributed by atoms with Crippen LogP contribution in [0.5, 0.6) is 0 Å². The number of nitrogens with one attached hydrogen (secondary N) is 1. The van der Waals surface area contributed by atoms with Gasteiger partial charge in [-0.25, -0.2) is 14.4 Å². The van der Waals surface area contributed by atoms with E-state index < -0.39 is 0 Å². The number of pyridine rings is 1. The summed E-state index contributed by atoms with van der Waals surface area (Å²) >= 11 is 1.64. The summed E-state index contributed by atoms with van der Waals surface area (Å²) in [6.45, 7) is 2.62. The van der Waals surface area contributed by atoms with Gasteiger partial charge in [0.2, 0.25) is 0 Å². The minimum absolute atomic E-state index is 0.235. The number of benzene rings is 1. The molecule has 1 aromatic carbocycles. The molecular weight excluding hydrogens is 335 g/mol. The summed E-state index contributed by atoms with van der Waals surface area (Å²) in [4.78, 5) is 15.6. The monoisotopic (exact) mass is 350 g/mol. The molecule has 0 spiro atoms. The van der Waals surface area contributed by atoms with Crippen molar-refractivity contribution in [3.8, 4) is 11.4 Å². The number of nitrogens with zero attached hydrogens (tertiary/aromatic N) is 3. The number of fused-ring (bicyclic) bond motifs is 1. The molecule has 4 aromatic rings. The molecule has 6 heteroatoms. The summed E-state index contributed by atoms with van der Waals surface area (Å²) in [6.07, 6.45) is 3.46. The minimum Gasteiger partial charge on any atom is -0.365 e. The highest BCUT2D eigenvalue weighted by molar-refractivity contribution is 7.18. The Morgan fingerprint density at radius 1 is 1.04 bits per heavy atom. The zero-order chi connectivity index (χ0) is 17.2. The zero-order valence-corrected chi connectivity index (χ0v) is 14.3. The van der Waals surface area contributed by atoms with E-state index in [1.165, 1.54) is 17.0 Å². The van der Waals surface area contributed by atoms with Gasteiger partial charge in [-0.15, -0.1) is 11.3 Å². The molecule has 0 unspecified atom stereocenters. The second-order valence-electron chi connectivity index (χ2n) is 5.69. The third-order valence-electron chi connectivity index (χ3n) is 3.83. The molecule has 1 N–H and O–H groups in total. The van der Waals surface area contributed by atoms with Crippen molar-refractivity contribution in [2.75, 3.05) is 5.32 Å². The van der Waals surface area contributed by atoms with E-state index in [1.54, 1.807) is 35.9 Å². The van der Waals surface area contributed by atoms with Crippen molar-refractivity contribution in [1.82, 2.24) is 15.0 Å². The van der Waals surface area contributed by atoms with Gasteiger partial charge in [-0.1, -0.05) is 12.1 Å². The maximum absolute atomic E-state index is 13.1. The highest BCUT2D eigenvalue weighted by atomic mass is 32.1. The summed E-state index contributed by atoms with van der Waals surface area (Å²) in [5, 5.41) is 4.37. The van der Waals surface area contributed by atoms with Crippen LogP contribution in [0.15, 0.2) is 54.9 Å². The van der Waals surface area contributed by atoms with Crippen molar-refractivity contribution in [2.24, 2.45) is 0 Å². The fourth-order valence-corrected chi connectivity index (χ4v) is 3.47. The highest BCUT2D eigenvalue weighted by Gasteiger charge is 2.12. The predicted octanol–water partition coefficient (Wildman–Crippen LogP) is 4.81. The van der Waals surface area contributed by atoms with E-state index in [9.17, 15) is 4.39 Å². The summed E-state index contributed by atoms with van der Waals surface area (Å²) in [7, 11) is 0. The lowest BCUT2D eigenvalue weighted by atomic mass is 10.2. The Morgan fingerprint density at radius 2 is 1.80 bits per heavy atom. The smallest absolute Gasteiger partial charge is 0.163 e. The van der Waals surface area contributed by atoms with Gasteiger partial charge in [0.25, 0.3) is 0 Å². The van der Waals surface area contributed by atoms with Crippen molar-refractivity contribution in [3.63, 3.8) is 0 Å². The third kappa shape index (κ3) is 3.34. The lowest BCUT2D eigenvalue weighted by Gasteiger charge is -2.09. The van der Waals surface area contributed by atoms with Gasteiger partial charge in [0.1, 0.15) is 16.5 Å². The van der Waals surface area contributed by atoms with Gasteiger partial charge in [-0.05, 0) is 42.8 Å². The standard InChI is InChI=1S/C19H15FN4S/c1-12-10-16-18(22-11-13-2-4-15(20)5-3-13)23-17(24-19(16)25-12)14-6-8-21-9-7-14/h2-10H,11H2,1H3,(H,22,23,24). The van der Waals surface area contributed by atoms with Crippen molar-refractivity contribution >= 4 is 27.4 Å². The molecule has 0 amide bonds. The predicted molar refractivity (Wildman–Crippen MR) is 99.1 cm³/mol. The quantitative estimate of drug-likeness (QED) is 0.574. The van der Waals surface area contributed by atoms with E-state index >= 15 is 0 Å². The zero-order valence-electron chi connectivity index (χ0n) is 13.5. The topological polar surface area (TPSA) is 50.7 Å². The van der Waals surface area contributed by atoms with Crippen LogP contribution in [0.2, 0.25) is 0 Å². The Labute approximate surface area is 148 Å². The fraction of sp³-hybridized carbons (Fsp3) is 0.105. The number of hydrogen-bond donors (Lipinski definition) is 1. The van der Waals surface area contributed by atoms with Crippen LogP contribution in [0, 0.1) is 12.7 Å². The van der Waals surface area contributed by atoms with Gasteiger partial charge in [-0.2, -0.15) is 0 Å². The molecule has 0 fully saturated rings. The van der Waals surface area contributed by atoms with E-state index in [2.05, 4.69) is 28.3 Å². The molecule has 0 aliphatic heterocycles. The molecular formula is C19H15FN4S. The molecule has 0 aliphatic carbocycles. The molecule has 25 heavy (non-hydrogen) atoms. The van der Waals surface area contributed by atoms with Crippen molar-refractivity contribution < 1.29 is 4.39 Å². The first kappa shape index (κ1) is 15.7. The second-order valence-corrected chi connectivity index (χ2v) is 6.92. The number of rotatable bonds is 4. The molecule has 3 aromatic heterocycles. The maximum atomic E-state index is 13.1. The first-order chi connectivity index (χ1) is 12.2. The SMILES string of the molecule is Cc1cc2c(NCc3ccc(F)cc3)nc(-c3ccncc3)nc2s1. The number of hydrogen-bond acceptors (Lipinski definition) is 5. The lowest BCUT2D eigenvalue weighted by molar-refractivity contribution is 0.627. The number of thiophene rings is 1. The summed E-state index contributed by atoms with van der Waals surface area (Å²) in [5.74, 6) is 1.21. The Hall–Kier alpha value is -2.86. The maximum Gasteiger partial charge on any atom is 0.163 e. The van der Waals surface area contributed by atoms with Gasteiger partial charge in [0, 0.05) is 29.4 Å². The number of halogens is 1. The first-order valence-corrected chi connectivity index (χ1v) is 8.67. The molecule has 0 aliphatic rings. The molecule has 0 saturated carbocycles.